The smallest absolute Gasteiger partial charge is 0.475 e. The Bertz CT molecular complexity index is 715. The van der Waals surface area contributed by atoms with Crippen molar-refractivity contribution in [2.24, 2.45) is 17.8 Å². The summed E-state index contributed by atoms with van der Waals surface area (Å²) >= 11 is 0. The molecule has 3 aliphatic rings. The SMILES string of the molecule is O=C(Nc1cnccn1)[C@@H]1COC[C@H]2CN(C3CCC3)C[C@H]21.O=C(O)C(F)(F)F. The van der Waals surface area contributed by atoms with Gasteiger partial charge in [0.15, 0.2) is 5.82 Å². The molecule has 4 rings (SSSR count). The van der Waals surface area contributed by atoms with Gasteiger partial charge in [-0.3, -0.25) is 14.7 Å². The monoisotopic (exact) mass is 416 g/mol. The van der Waals surface area contributed by atoms with Gasteiger partial charge >= 0.3 is 12.1 Å². The third-order valence-corrected chi connectivity index (χ3v) is 5.65. The van der Waals surface area contributed by atoms with Crippen LogP contribution in [0.2, 0.25) is 0 Å². The third-order valence-electron chi connectivity index (χ3n) is 5.65. The van der Waals surface area contributed by atoms with E-state index in [0.29, 0.717) is 24.3 Å². The Labute approximate surface area is 165 Å². The van der Waals surface area contributed by atoms with E-state index in [1.165, 1.54) is 19.3 Å². The molecule has 1 aromatic rings. The van der Waals surface area contributed by atoms with E-state index in [9.17, 15) is 18.0 Å². The number of hydrogen-bond acceptors (Lipinski definition) is 6. The number of alkyl halides is 3. The normalized spacial score (nSPS) is 27.2. The highest BCUT2D eigenvalue weighted by Gasteiger charge is 2.46. The van der Waals surface area contributed by atoms with Crippen LogP contribution in [0.4, 0.5) is 19.0 Å². The van der Waals surface area contributed by atoms with Crippen LogP contribution in [0.5, 0.6) is 0 Å². The minimum atomic E-state index is -5.08. The number of anilines is 1. The fraction of sp³-hybridized carbons (Fsp3) is 0.667. The Kier molecular flexibility index (Phi) is 6.68. The van der Waals surface area contributed by atoms with Crippen molar-refractivity contribution < 1.29 is 32.6 Å². The van der Waals surface area contributed by atoms with Gasteiger partial charge in [-0.1, -0.05) is 6.42 Å². The molecule has 3 heterocycles. The molecule has 1 aromatic heterocycles. The summed E-state index contributed by atoms with van der Waals surface area (Å²) in [4.78, 5) is 32.2. The summed E-state index contributed by atoms with van der Waals surface area (Å²) in [5.74, 6) is -1.40. The van der Waals surface area contributed by atoms with E-state index in [1.54, 1.807) is 18.6 Å². The summed E-state index contributed by atoms with van der Waals surface area (Å²) in [6, 6.07) is 0.745. The summed E-state index contributed by atoms with van der Waals surface area (Å²) in [6.07, 6.45) is 3.66. The topological polar surface area (TPSA) is 105 Å². The lowest BCUT2D eigenvalue weighted by Crippen LogP contribution is -2.42. The van der Waals surface area contributed by atoms with E-state index in [-0.39, 0.29) is 11.8 Å². The molecule has 11 heteroatoms. The molecule has 0 unspecified atom stereocenters. The van der Waals surface area contributed by atoms with Crippen LogP contribution in [0.3, 0.4) is 0 Å². The number of carbonyl (C=O) groups is 2. The van der Waals surface area contributed by atoms with E-state index in [4.69, 9.17) is 14.6 Å². The zero-order valence-corrected chi connectivity index (χ0v) is 15.6. The summed E-state index contributed by atoms with van der Waals surface area (Å²) in [5, 5.41) is 10.0. The number of carboxylic acids is 1. The lowest BCUT2D eigenvalue weighted by atomic mass is 9.82. The molecule has 8 nitrogen and oxygen atoms in total. The molecule has 2 aliphatic heterocycles. The Morgan fingerprint density at radius 2 is 1.93 bits per heavy atom. The average Bonchev–Trinajstić information content (AvgIpc) is 3.03. The number of likely N-dealkylation sites (tertiary alicyclic amines) is 1. The quantitative estimate of drug-likeness (QED) is 0.774. The molecule has 2 N–H and O–H groups in total. The highest BCUT2D eigenvalue weighted by atomic mass is 19.4. The maximum absolute atomic E-state index is 12.6. The molecule has 0 aromatic carbocycles. The predicted octanol–water partition coefficient (Wildman–Crippen LogP) is 1.80. The summed E-state index contributed by atoms with van der Waals surface area (Å²) in [5.41, 5.74) is 0. The highest BCUT2D eigenvalue weighted by molar-refractivity contribution is 5.92. The Morgan fingerprint density at radius 1 is 1.21 bits per heavy atom. The second-order valence-electron chi connectivity index (χ2n) is 7.49. The highest BCUT2D eigenvalue weighted by Crippen LogP contribution is 2.38. The van der Waals surface area contributed by atoms with Crippen LogP contribution in [-0.4, -0.2) is 70.4 Å². The molecule has 3 atom stereocenters. The van der Waals surface area contributed by atoms with Gasteiger partial charge in [0.05, 0.1) is 25.3 Å². The van der Waals surface area contributed by atoms with Crippen LogP contribution in [0.25, 0.3) is 0 Å². The molecule has 29 heavy (non-hydrogen) atoms. The fourth-order valence-electron chi connectivity index (χ4n) is 3.94. The molecule has 0 bridgehead atoms. The Hall–Kier alpha value is -2.27. The van der Waals surface area contributed by atoms with Gasteiger partial charge in [-0.2, -0.15) is 13.2 Å². The van der Waals surface area contributed by atoms with Gasteiger partial charge in [0.2, 0.25) is 5.91 Å². The van der Waals surface area contributed by atoms with Crippen molar-refractivity contribution in [2.45, 2.75) is 31.5 Å². The maximum atomic E-state index is 12.6. The number of carbonyl (C=O) groups excluding carboxylic acids is 1. The molecule has 3 fully saturated rings. The van der Waals surface area contributed by atoms with Crippen LogP contribution in [0.1, 0.15) is 19.3 Å². The maximum Gasteiger partial charge on any atom is 0.490 e. The van der Waals surface area contributed by atoms with Gasteiger partial charge in [-0.15, -0.1) is 0 Å². The number of fused-ring (bicyclic) bond motifs is 1. The first-order chi connectivity index (χ1) is 13.8. The van der Waals surface area contributed by atoms with E-state index in [2.05, 4.69) is 20.2 Å². The van der Waals surface area contributed by atoms with Crippen molar-refractivity contribution in [1.29, 1.82) is 0 Å². The first-order valence-corrected chi connectivity index (χ1v) is 9.44. The molecule has 1 saturated carbocycles. The zero-order valence-electron chi connectivity index (χ0n) is 15.6. The van der Waals surface area contributed by atoms with Crippen LogP contribution in [0.15, 0.2) is 18.6 Å². The summed E-state index contributed by atoms with van der Waals surface area (Å²) in [7, 11) is 0. The first-order valence-electron chi connectivity index (χ1n) is 9.44. The molecule has 2 saturated heterocycles. The zero-order chi connectivity index (χ0) is 21.0. The van der Waals surface area contributed by atoms with Crippen LogP contribution in [-0.2, 0) is 14.3 Å². The number of amides is 1. The number of ether oxygens (including phenoxy) is 1. The molecular formula is C18H23F3N4O4. The van der Waals surface area contributed by atoms with Crippen LogP contribution >= 0.6 is 0 Å². The predicted molar refractivity (Wildman–Crippen MR) is 94.9 cm³/mol. The largest absolute Gasteiger partial charge is 0.490 e. The lowest BCUT2D eigenvalue weighted by Gasteiger charge is -2.35. The van der Waals surface area contributed by atoms with Crippen LogP contribution < -0.4 is 5.32 Å². The second-order valence-corrected chi connectivity index (χ2v) is 7.49. The Morgan fingerprint density at radius 3 is 2.48 bits per heavy atom. The van der Waals surface area contributed by atoms with Gasteiger partial charge in [-0.25, -0.2) is 9.78 Å². The number of aliphatic carboxylic acids is 1. The van der Waals surface area contributed by atoms with E-state index in [1.807, 2.05) is 0 Å². The van der Waals surface area contributed by atoms with E-state index < -0.39 is 12.1 Å². The number of carboxylic acid groups (broad SMARTS) is 1. The minimum Gasteiger partial charge on any atom is -0.475 e. The molecule has 1 amide bonds. The number of hydrogen-bond donors (Lipinski definition) is 2. The molecule has 0 spiro atoms. The average molecular weight is 416 g/mol. The van der Waals surface area contributed by atoms with Gasteiger partial charge in [0.1, 0.15) is 0 Å². The standard InChI is InChI=1S/C16H22N4O2.C2HF3O2/c21-16(19-15-6-17-4-5-18-15)14-10-22-9-11-7-20(8-13(11)14)12-2-1-3-12;3-2(4,5)1(6)7/h4-6,11-14H,1-3,7-10H2,(H,18,19,21);(H,6,7)/t11-,13-,14-;/m1./s1. The lowest BCUT2D eigenvalue weighted by molar-refractivity contribution is -0.192. The molecule has 0 radical (unpaired) electrons. The molecule has 160 valence electrons. The molecule has 1 aliphatic carbocycles. The van der Waals surface area contributed by atoms with Gasteiger partial charge < -0.3 is 15.2 Å². The van der Waals surface area contributed by atoms with Crippen molar-refractivity contribution in [3.8, 4) is 0 Å². The third kappa shape index (κ3) is 5.41. The summed E-state index contributed by atoms with van der Waals surface area (Å²) in [6.45, 7) is 3.44. The van der Waals surface area contributed by atoms with Crippen molar-refractivity contribution in [3.05, 3.63) is 18.6 Å². The van der Waals surface area contributed by atoms with Crippen LogP contribution in [0, 0.1) is 17.8 Å². The number of nitrogens with one attached hydrogen (secondary N) is 1. The number of aromatic nitrogens is 2. The van der Waals surface area contributed by atoms with Crippen molar-refractivity contribution >= 4 is 17.7 Å². The van der Waals surface area contributed by atoms with Gasteiger partial charge in [-0.05, 0) is 24.7 Å². The molecular weight excluding hydrogens is 393 g/mol. The summed E-state index contributed by atoms with van der Waals surface area (Å²) < 4.78 is 37.4. The minimum absolute atomic E-state index is 0.0191. The second kappa shape index (κ2) is 9.04. The number of nitrogens with zero attached hydrogens (tertiary/aromatic N) is 3. The first kappa shape index (κ1) is 21.4. The van der Waals surface area contributed by atoms with E-state index >= 15 is 0 Å². The number of halogens is 3. The number of rotatable bonds is 3. The fourth-order valence-corrected chi connectivity index (χ4v) is 3.94. The van der Waals surface area contributed by atoms with Gasteiger partial charge in [0, 0.05) is 31.5 Å². The van der Waals surface area contributed by atoms with Gasteiger partial charge in [0.25, 0.3) is 0 Å². The van der Waals surface area contributed by atoms with Crippen molar-refractivity contribution in [1.82, 2.24) is 14.9 Å². The van der Waals surface area contributed by atoms with Crippen molar-refractivity contribution in [2.75, 3.05) is 31.6 Å². The Balaban J connectivity index is 0.000000298. The van der Waals surface area contributed by atoms with E-state index in [0.717, 1.165) is 25.7 Å². The van der Waals surface area contributed by atoms with Crippen molar-refractivity contribution in [3.63, 3.8) is 0 Å².